The number of thiophene rings is 1. The van der Waals surface area contributed by atoms with Crippen molar-refractivity contribution in [2.24, 2.45) is 0 Å². The monoisotopic (exact) mass is 469 g/mol. The number of rotatable bonds is 6. The lowest BCUT2D eigenvalue weighted by Crippen LogP contribution is -2.48. The highest BCUT2D eigenvalue weighted by Gasteiger charge is 2.32. The highest BCUT2D eigenvalue weighted by molar-refractivity contribution is 7.89. The Morgan fingerprint density at radius 1 is 1.03 bits per heavy atom. The average molecular weight is 470 g/mol. The Kier molecular flexibility index (Phi) is 6.64. The first kappa shape index (κ1) is 22.5. The summed E-state index contributed by atoms with van der Waals surface area (Å²) in [4.78, 5) is 15.3. The number of amides is 1. The van der Waals surface area contributed by atoms with Crippen molar-refractivity contribution >= 4 is 38.6 Å². The van der Waals surface area contributed by atoms with Gasteiger partial charge in [-0.1, -0.05) is 31.2 Å². The Balaban J connectivity index is 1.47. The average Bonchev–Trinajstić information content (AvgIpc) is 3.31. The van der Waals surface area contributed by atoms with Gasteiger partial charge in [-0.15, -0.1) is 11.3 Å². The summed E-state index contributed by atoms with van der Waals surface area (Å²) in [5, 5.41) is 4.48. The van der Waals surface area contributed by atoms with Gasteiger partial charge in [0.25, 0.3) is 5.91 Å². The van der Waals surface area contributed by atoms with Crippen LogP contribution in [0.3, 0.4) is 0 Å². The second kappa shape index (κ2) is 9.44. The third-order valence-electron chi connectivity index (χ3n) is 5.68. The van der Waals surface area contributed by atoms with Gasteiger partial charge in [0, 0.05) is 37.6 Å². The molecule has 2 aromatic carbocycles. The van der Waals surface area contributed by atoms with E-state index in [2.05, 4.69) is 23.2 Å². The largest absolute Gasteiger partial charge is 0.369 e. The molecule has 6 nitrogen and oxygen atoms in total. The number of carbonyl (C=O) groups is 1. The van der Waals surface area contributed by atoms with Gasteiger partial charge in [0.15, 0.2) is 0 Å². The number of carbonyl (C=O) groups excluding carboxylic acids is 1. The van der Waals surface area contributed by atoms with Gasteiger partial charge < -0.3 is 10.2 Å². The van der Waals surface area contributed by atoms with Crippen molar-refractivity contribution in [1.29, 1.82) is 0 Å². The molecule has 3 aromatic rings. The van der Waals surface area contributed by atoms with Crippen LogP contribution in [0.2, 0.25) is 0 Å². The van der Waals surface area contributed by atoms with Crippen LogP contribution < -0.4 is 10.2 Å². The summed E-state index contributed by atoms with van der Waals surface area (Å²) in [6.07, 6.45) is 0.915. The maximum absolute atomic E-state index is 13.3. The Labute approximate surface area is 193 Å². The molecule has 0 radical (unpaired) electrons. The molecule has 4 rings (SSSR count). The zero-order valence-corrected chi connectivity index (χ0v) is 19.9. The summed E-state index contributed by atoms with van der Waals surface area (Å²) in [6.45, 7) is 6.09. The molecule has 0 aliphatic carbocycles. The molecule has 0 atom stereocenters. The van der Waals surface area contributed by atoms with Crippen LogP contribution in [0.15, 0.2) is 64.9 Å². The van der Waals surface area contributed by atoms with Crippen molar-refractivity contribution in [3.05, 3.63) is 76.0 Å². The number of hydrogen-bond donors (Lipinski definition) is 1. The summed E-state index contributed by atoms with van der Waals surface area (Å²) in [6, 6.07) is 17.3. The zero-order valence-electron chi connectivity index (χ0n) is 18.2. The molecule has 8 heteroatoms. The third-order valence-corrected chi connectivity index (χ3v) is 8.66. The normalized spacial score (nSPS) is 15.0. The Morgan fingerprint density at radius 3 is 2.41 bits per heavy atom. The fourth-order valence-electron chi connectivity index (χ4n) is 3.83. The second-order valence-electron chi connectivity index (χ2n) is 7.85. The van der Waals surface area contributed by atoms with E-state index in [4.69, 9.17) is 0 Å². The van der Waals surface area contributed by atoms with E-state index in [1.54, 1.807) is 5.38 Å². The molecule has 2 heterocycles. The molecule has 168 valence electrons. The summed E-state index contributed by atoms with van der Waals surface area (Å²) in [5.41, 5.74) is 4.10. The molecule has 0 bridgehead atoms. The standard InChI is InChI=1S/C24H27N3O3S2/c1-3-19-7-9-20(10-8-19)25-24(28)23-22(11-16-31-23)32(29,30)27-14-12-26(13-15-27)21-6-4-5-18(2)17-21/h4-11,16-17H,3,12-15H2,1-2H3,(H,25,28). The van der Waals surface area contributed by atoms with E-state index in [-0.39, 0.29) is 9.77 Å². The first-order valence-corrected chi connectivity index (χ1v) is 13.0. The number of piperazine rings is 1. The van der Waals surface area contributed by atoms with Crippen LogP contribution >= 0.6 is 11.3 Å². The van der Waals surface area contributed by atoms with E-state index in [0.717, 1.165) is 23.4 Å². The Hall–Kier alpha value is -2.68. The summed E-state index contributed by atoms with van der Waals surface area (Å²) < 4.78 is 28.2. The molecular weight excluding hydrogens is 442 g/mol. The maximum Gasteiger partial charge on any atom is 0.267 e. The smallest absolute Gasteiger partial charge is 0.267 e. The van der Waals surface area contributed by atoms with Crippen LogP contribution in [0.4, 0.5) is 11.4 Å². The van der Waals surface area contributed by atoms with Gasteiger partial charge in [0.05, 0.1) is 0 Å². The topological polar surface area (TPSA) is 69.7 Å². The molecular formula is C24H27N3O3S2. The molecule has 0 spiro atoms. The molecule has 1 amide bonds. The van der Waals surface area contributed by atoms with Crippen molar-refractivity contribution in [3.63, 3.8) is 0 Å². The van der Waals surface area contributed by atoms with E-state index in [1.165, 1.54) is 21.5 Å². The molecule has 1 aliphatic heterocycles. The maximum atomic E-state index is 13.3. The summed E-state index contributed by atoms with van der Waals surface area (Å²) in [7, 11) is -3.75. The van der Waals surface area contributed by atoms with Gasteiger partial charge in [0.2, 0.25) is 10.0 Å². The number of aryl methyl sites for hydroxylation is 2. The van der Waals surface area contributed by atoms with Crippen LogP contribution in [0.1, 0.15) is 27.7 Å². The van der Waals surface area contributed by atoms with Crippen molar-refractivity contribution in [2.75, 3.05) is 36.4 Å². The molecule has 1 saturated heterocycles. The predicted octanol–water partition coefficient (Wildman–Crippen LogP) is 4.38. The number of benzene rings is 2. The van der Waals surface area contributed by atoms with Crippen LogP contribution in [0.5, 0.6) is 0 Å². The third kappa shape index (κ3) is 4.72. The van der Waals surface area contributed by atoms with E-state index in [0.29, 0.717) is 31.9 Å². The minimum Gasteiger partial charge on any atom is -0.369 e. The summed E-state index contributed by atoms with van der Waals surface area (Å²) >= 11 is 1.15. The van der Waals surface area contributed by atoms with Gasteiger partial charge >= 0.3 is 0 Å². The van der Waals surface area contributed by atoms with E-state index < -0.39 is 15.9 Å². The molecule has 32 heavy (non-hydrogen) atoms. The molecule has 0 saturated carbocycles. The van der Waals surface area contributed by atoms with Crippen molar-refractivity contribution in [3.8, 4) is 0 Å². The zero-order chi connectivity index (χ0) is 22.7. The fraction of sp³-hybridized carbons (Fsp3) is 0.292. The number of sulfonamides is 1. The number of nitrogens with one attached hydrogen (secondary N) is 1. The predicted molar refractivity (Wildman–Crippen MR) is 130 cm³/mol. The Bertz CT molecular complexity index is 1200. The lowest BCUT2D eigenvalue weighted by atomic mass is 10.1. The van der Waals surface area contributed by atoms with Gasteiger partial charge in [-0.05, 0) is 60.2 Å². The quantitative estimate of drug-likeness (QED) is 0.582. The molecule has 1 N–H and O–H groups in total. The minimum atomic E-state index is -3.75. The van der Waals surface area contributed by atoms with E-state index in [1.807, 2.05) is 49.4 Å². The van der Waals surface area contributed by atoms with Gasteiger partial charge in [-0.25, -0.2) is 8.42 Å². The fourth-order valence-corrected chi connectivity index (χ4v) is 6.55. The van der Waals surface area contributed by atoms with Crippen LogP contribution in [0, 0.1) is 6.92 Å². The van der Waals surface area contributed by atoms with Crippen molar-refractivity contribution in [2.45, 2.75) is 25.2 Å². The summed E-state index contributed by atoms with van der Waals surface area (Å²) in [5.74, 6) is -0.402. The molecule has 1 aromatic heterocycles. The number of hydrogen-bond acceptors (Lipinski definition) is 5. The molecule has 0 unspecified atom stereocenters. The molecule has 1 fully saturated rings. The minimum absolute atomic E-state index is 0.0779. The van der Waals surface area contributed by atoms with Gasteiger partial charge in [0.1, 0.15) is 9.77 Å². The first-order chi connectivity index (χ1) is 15.4. The lowest BCUT2D eigenvalue weighted by Gasteiger charge is -2.35. The Morgan fingerprint density at radius 2 is 1.75 bits per heavy atom. The highest BCUT2D eigenvalue weighted by atomic mass is 32.2. The second-order valence-corrected chi connectivity index (χ2v) is 10.7. The SMILES string of the molecule is CCc1ccc(NC(=O)c2sccc2S(=O)(=O)N2CCN(c3cccc(C)c3)CC2)cc1. The first-order valence-electron chi connectivity index (χ1n) is 10.7. The molecule has 1 aliphatic rings. The van der Waals surface area contributed by atoms with Gasteiger partial charge in [-0.3, -0.25) is 4.79 Å². The number of anilines is 2. The van der Waals surface area contributed by atoms with E-state index in [9.17, 15) is 13.2 Å². The lowest BCUT2D eigenvalue weighted by molar-refractivity contribution is 0.102. The van der Waals surface area contributed by atoms with E-state index >= 15 is 0 Å². The number of nitrogens with zero attached hydrogens (tertiary/aromatic N) is 2. The van der Waals surface area contributed by atoms with Crippen LogP contribution in [-0.2, 0) is 16.4 Å². The van der Waals surface area contributed by atoms with Crippen molar-refractivity contribution in [1.82, 2.24) is 4.31 Å². The van der Waals surface area contributed by atoms with Crippen LogP contribution in [0.25, 0.3) is 0 Å². The van der Waals surface area contributed by atoms with Gasteiger partial charge in [-0.2, -0.15) is 4.31 Å². The van der Waals surface area contributed by atoms with Crippen LogP contribution in [-0.4, -0.2) is 44.8 Å². The highest BCUT2D eigenvalue weighted by Crippen LogP contribution is 2.28. The van der Waals surface area contributed by atoms with Crippen molar-refractivity contribution < 1.29 is 13.2 Å².